The maximum atomic E-state index is 9.07. The molecule has 0 atom stereocenters. The normalized spacial score (nSPS) is 25.1. The summed E-state index contributed by atoms with van der Waals surface area (Å²) in [7, 11) is 1.74. The predicted molar refractivity (Wildman–Crippen MR) is 69.6 cm³/mol. The number of ether oxygens (including phenoxy) is 1. The van der Waals surface area contributed by atoms with Gasteiger partial charge in [-0.05, 0) is 31.6 Å². The van der Waals surface area contributed by atoms with E-state index < -0.39 is 0 Å². The predicted octanol–water partition coefficient (Wildman–Crippen LogP) is 3.77. The van der Waals surface area contributed by atoms with Crippen LogP contribution in [-0.4, -0.2) is 24.4 Å². The molecule has 0 saturated heterocycles. The molecule has 1 aliphatic rings. The summed E-state index contributed by atoms with van der Waals surface area (Å²) in [5.41, 5.74) is 0. The number of hydrogen-bond acceptors (Lipinski definition) is 2. The van der Waals surface area contributed by atoms with E-state index in [2.05, 4.69) is 20.8 Å². The van der Waals surface area contributed by atoms with Gasteiger partial charge in [-0.3, -0.25) is 0 Å². The highest BCUT2D eigenvalue weighted by atomic mass is 16.5. The Morgan fingerprint density at radius 2 is 1.75 bits per heavy atom. The van der Waals surface area contributed by atoms with Crippen LogP contribution in [0.1, 0.15) is 65.7 Å². The first-order valence-electron chi connectivity index (χ1n) is 6.81. The molecule has 0 aliphatic heterocycles. The Labute approximate surface area is 101 Å². The lowest BCUT2D eigenvalue weighted by Crippen LogP contribution is -2.22. The smallest absolute Gasteiger partial charge is 0.0573 e. The number of aliphatic hydroxyl groups excluding tert-OH is 1. The molecule has 98 valence electrons. The van der Waals surface area contributed by atoms with Gasteiger partial charge < -0.3 is 9.84 Å². The second kappa shape index (κ2) is 10.1. The molecule has 16 heavy (non-hydrogen) atoms. The van der Waals surface area contributed by atoms with E-state index in [9.17, 15) is 0 Å². The number of rotatable bonds is 4. The van der Waals surface area contributed by atoms with Crippen molar-refractivity contribution >= 4 is 0 Å². The molecule has 2 nitrogen and oxygen atoms in total. The van der Waals surface area contributed by atoms with E-state index in [4.69, 9.17) is 9.84 Å². The first kappa shape index (κ1) is 15.9. The highest BCUT2D eigenvalue weighted by molar-refractivity contribution is 4.70. The van der Waals surface area contributed by atoms with E-state index in [0.717, 1.165) is 31.6 Å². The van der Waals surface area contributed by atoms with E-state index in [0.29, 0.717) is 6.10 Å². The van der Waals surface area contributed by atoms with Crippen LogP contribution in [0.2, 0.25) is 0 Å². The molecule has 1 aliphatic carbocycles. The molecule has 0 unspecified atom stereocenters. The summed E-state index contributed by atoms with van der Waals surface area (Å²) < 4.78 is 5.13. The molecule has 0 spiro atoms. The summed E-state index contributed by atoms with van der Waals surface area (Å²) >= 11 is 0. The van der Waals surface area contributed by atoms with Gasteiger partial charge in [-0.2, -0.15) is 0 Å². The summed E-state index contributed by atoms with van der Waals surface area (Å²) in [5, 5.41) is 9.07. The van der Waals surface area contributed by atoms with Crippen molar-refractivity contribution in [3.63, 3.8) is 0 Å². The average Bonchev–Trinajstić information content (AvgIpc) is 2.28. The largest absolute Gasteiger partial charge is 0.393 e. The minimum Gasteiger partial charge on any atom is -0.393 e. The van der Waals surface area contributed by atoms with E-state index in [1.54, 1.807) is 7.11 Å². The van der Waals surface area contributed by atoms with Crippen molar-refractivity contribution in [3.8, 4) is 0 Å². The highest BCUT2D eigenvalue weighted by Crippen LogP contribution is 2.19. The van der Waals surface area contributed by atoms with Gasteiger partial charge in [0.2, 0.25) is 0 Å². The summed E-state index contributed by atoms with van der Waals surface area (Å²) in [6.45, 7) is 6.79. The SMILES string of the molecule is CCCCC(C)C.COC1CCC(O)CC1. The molecule has 2 heteroatoms. The van der Waals surface area contributed by atoms with Gasteiger partial charge in [0.15, 0.2) is 0 Å². The van der Waals surface area contributed by atoms with Crippen molar-refractivity contribution in [2.45, 2.75) is 77.9 Å². The Bertz CT molecular complexity index is 138. The Morgan fingerprint density at radius 1 is 1.19 bits per heavy atom. The molecule has 0 heterocycles. The molecule has 1 fully saturated rings. The molecule has 1 N–H and O–H groups in total. The monoisotopic (exact) mass is 230 g/mol. The van der Waals surface area contributed by atoms with Crippen molar-refractivity contribution in [2.75, 3.05) is 7.11 Å². The minimum atomic E-state index is -0.0589. The Morgan fingerprint density at radius 3 is 2.06 bits per heavy atom. The van der Waals surface area contributed by atoms with Crippen molar-refractivity contribution in [3.05, 3.63) is 0 Å². The van der Waals surface area contributed by atoms with Crippen molar-refractivity contribution in [1.29, 1.82) is 0 Å². The van der Waals surface area contributed by atoms with Crippen molar-refractivity contribution in [1.82, 2.24) is 0 Å². The zero-order valence-electron chi connectivity index (χ0n) is 11.5. The van der Waals surface area contributed by atoms with Gasteiger partial charge in [0.25, 0.3) is 0 Å². The second-order valence-corrected chi connectivity index (χ2v) is 5.20. The minimum absolute atomic E-state index is 0.0589. The topological polar surface area (TPSA) is 29.5 Å². The lowest BCUT2D eigenvalue weighted by atomic mass is 9.95. The van der Waals surface area contributed by atoms with Gasteiger partial charge in [0, 0.05) is 7.11 Å². The standard InChI is InChI=1S/C7H14O2.C7H16/c1-9-7-4-2-6(8)3-5-7;1-4-5-6-7(2)3/h6-8H,2-5H2,1H3;7H,4-6H2,1-3H3. The molecular weight excluding hydrogens is 200 g/mol. The quantitative estimate of drug-likeness (QED) is 0.796. The second-order valence-electron chi connectivity index (χ2n) is 5.20. The Hall–Kier alpha value is -0.0800. The zero-order valence-corrected chi connectivity index (χ0v) is 11.5. The van der Waals surface area contributed by atoms with Crippen LogP contribution < -0.4 is 0 Å². The van der Waals surface area contributed by atoms with Crippen LogP contribution in [0.15, 0.2) is 0 Å². The molecule has 0 aromatic heterocycles. The first-order chi connectivity index (χ1) is 7.60. The zero-order chi connectivity index (χ0) is 12.4. The molecule has 1 saturated carbocycles. The third kappa shape index (κ3) is 9.17. The maximum Gasteiger partial charge on any atom is 0.0573 e. The summed E-state index contributed by atoms with van der Waals surface area (Å²) in [6.07, 6.45) is 8.38. The van der Waals surface area contributed by atoms with Gasteiger partial charge in [-0.1, -0.05) is 40.0 Å². The van der Waals surface area contributed by atoms with E-state index in [1.165, 1.54) is 19.3 Å². The van der Waals surface area contributed by atoms with Crippen LogP contribution in [0, 0.1) is 5.92 Å². The first-order valence-corrected chi connectivity index (χ1v) is 6.81. The van der Waals surface area contributed by atoms with Gasteiger partial charge in [-0.15, -0.1) is 0 Å². The fourth-order valence-electron chi connectivity index (χ4n) is 1.89. The molecule has 0 radical (unpaired) electrons. The lowest BCUT2D eigenvalue weighted by molar-refractivity contribution is 0.0244. The fraction of sp³-hybridized carbons (Fsp3) is 1.00. The number of aliphatic hydroxyl groups is 1. The van der Waals surface area contributed by atoms with Crippen molar-refractivity contribution in [2.24, 2.45) is 5.92 Å². The van der Waals surface area contributed by atoms with Crippen LogP contribution in [0.5, 0.6) is 0 Å². The molecule has 0 aromatic rings. The Balaban J connectivity index is 0.000000293. The van der Waals surface area contributed by atoms with Crippen molar-refractivity contribution < 1.29 is 9.84 Å². The molecular formula is C14H30O2. The van der Waals surface area contributed by atoms with Gasteiger partial charge >= 0.3 is 0 Å². The Kier molecular flexibility index (Phi) is 10.0. The molecule has 0 aromatic carbocycles. The summed E-state index contributed by atoms with van der Waals surface area (Å²) in [4.78, 5) is 0. The number of unbranched alkanes of at least 4 members (excludes halogenated alkanes) is 1. The average molecular weight is 230 g/mol. The fourth-order valence-corrected chi connectivity index (χ4v) is 1.89. The van der Waals surface area contributed by atoms with Crippen LogP contribution in [-0.2, 0) is 4.74 Å². The van der Waals surface area contributed by atoms with Gasteiger partial charge in [-0.25, -0.2) is 0 Å². The van der Waals surface area contributed by atoms with E-state index in [-0.39, 0.29) is 6.10 Å². The highest BCUT2D eigenvalue weighted by Gasteiger charge is 2.17. The van der Waals surface area contributed by atoms with Gasteiger partial charge in [0.05, 0.1) is 12.2 Å². The number of hydrogen-bond donors (Lipinski definition) is 1. The summed E-state index contributed by atoms with van der Waals surface area (Å²) in [6, 6.07) is 0. The van der Waals surface area contributed by atoms with Crippen LogP contribution in [0.25, 0.3) is 0 Å². The van der Waals surface area contributed by atoms with Crippen LogP contribution in [0.4, 0.5) is 0 Å². The summed E-state index contributed by atoms with van der Waals surface area (Å²) in [5.74, 6) is 0.903. The van der Waals surface area contributed by atoms with Gasteiger partial charge in [0.1, 0.15) is 0 Å². The molecule has 0 bridgehead atoms. The van der Waals surface area contributed by atoms with E-state index in [1.807, 2.05) is 0 Å². The van der Waals surface area contributed by atoms with Crippen LogP contribution in [0.3, 0.4) is 0 Å². The third-order valence-corrected chi connectivity index (χ3v) is 3.11. The molecule has 1 rings (SSSR count). The number of methoxy groups -OCH3 is 1. The maximum absolute atomic E-state index is 9.07. The van der Waals surface area contributed by atoms with E-state index >= 15 is 0 Å². The third-order valence-electron chi connectivity index (χ3n) is 3.11. The molecule has 0 amide bonds. The van der Waals surface area contributed by atoms with Crippen LogP contribution >= 0.6 is 0 Å². The lowest BCUT2D eigenvalue weighted by Gasteiger charge is -2.23.